The maximum atomic E-state index is 5.58. The van der Waals surface area contributed by atoms with Crippen LogP contribution in [0.1, 0.15) is 30.9 Å². The Morgan fingerprint density at radius 3 is 2.59 bits per heavy atom. The van der Waals surface area contributed by atoms with E-state index in [0.717, 1.165) is 32.5 Å². The number of rotatable bonds is 9. The van der Waals surface area contributed by atoms with E-state index >= 15 is 0 Å². The molecule has 0 radical (unpaired) electrons. The smallest absolute Gasteiger partial charge is 0.0716 e. The zero-order valence-corrected chi connectivity index (χ0v) is 10.7. The molecule has 0 atom stereocenters. The van der Waals surface area contributed by atoms with E-state index in [4.69, 9.17) is 4.74 Å². The average molecular weight is 233 g/mol. The molecule has 0 aromatic heterocycles. The first kappa shape index (κ1) is 13.9. The normalized spacial score (nSPS) is 10.4. The minimum Gasteiger partial charge on any atom is -0.377 e. The zero-order chi connectivity index (χ0) is 12.3. The van der Waals surface area contributed by atoms with Gasteiger partial charge < -0.3 is 10.1 Å². The molecule has 1 N–H and O–H groups in total. The van der Waals surface area contributed by atoms with E-state index in [1.807, 2.05) is 6.08 Å². The highest BCUT2D eigenvalue weighted by atomic mass is 16.5. The van der Waals surface area contributed by atoms with Crippen molar-refractivity contribution in [1.82, 2.24) is 5.32 Å². The fraction of sp³-hybridized carbons (Fsp3) is 0.467. The van der Waals surface area contributed by atoms with Crippen LogP contribution in [0.25, 0.3) is 0 Å². The largest absolute Gasteiger partial charge is 0.377 e. The second kappa shape index (κ2) is 8.97. The molecule has 0 saturated carbocycles. The molecule has 0 aliphatic carbocycles. The van der Waals surface area contributed by atoms with Crippen molar-refractivity contribution in [2.24, 2.45) is 0 Å². The van der Waals surface area contributed by atoms with Crippen LogP contribution in [0.5, 0.6) is 0 Å². The van der Waals surface area contributed by atoms with E-state index in [1.54, 1.807) is 0 Å². The van der Waals surface area contributed by atoms with Gasteiger partial charge in [0.15, 0.2) is 0 Å². The number of unbranched alkanes of at least 4 members (excludes halogenated alkanes) is 1. The highest BCUT2D eigenvalue weighted by Gasteiger charge is 1.95. The Morgan fingerprint density at radius 1 is 1.24 bits per heavy atom. The predicted octanol–water partition coefficient (Wildman–Crippen LogP) is 3.28. The third-order valence-corrected chi connectivity index (χ3v) is 2.57. The summed E-state index contributed by atoms with van der Waals surface area (Å²) in [5.74, 6) is 0. The number of hydrogen-bond acceptors (Lipinski definition) is 2. The lowest BCUT2D eigenvalue weighted by Gasteiger charge is -2.05. The number of nitrogens with one attached hydrogen (secondary N) is 1. The molecule has 1 rings (SSSR count). The van der Waals surface area contributed by atoms with E-state index in [0.29, 0.717) is 6.61 Å². The third kappa shape index (κ3) is 6.25. The van der Waals surface area contributed by atoms with Crippen LogP contribution in [0.2, 0.25) is 0 Å². The van der Waals surface area contributed by atoms with Gasteiger partial charge in [-0.15, -0.1) is 6.58 Å². The van der Waals surface area contributed by atoms with Crippen LogP contribution in [0.4, 0.5) is 0 Å². The minimum atomic E-state index is 0.707. The van der Waals surface area contributed by atoms with Gasteiger partial charge in [0.25, 0.3) is 0 Å². The van der Waals surface area contributed by atoms with Crippen molar-refractivity contribution in [2.45, 2.75) is 32.9 Å². The van der Waals surface area contributed by atoms with Gasteiger partial charge in [0.1, 0.15) is 0 Å². The lowest BCUT2D eigenvalue weighted by molar-refractivity contribution is 0.119. The van der Waals surface area contributed by atoms with Gasteiger partial charge in [-0.2, -0.15) is 0 Å². The van der Waals surface area contributed by atoms with E-state index in [-0.39, 0.29) is 0 Å². The van der Waals surface area contributed by atoms with Gasteiger partial charge in [-0.3, -0.25) is 0 Å². The molecular weight excluding hydrogens is 210 g/mol. The summed E-state index contributed by atoms with van der Waals surface area (Å²) in [6, 6.07) is 8.59. The van der Waals surface area contributed by atoms with Crippen molar-refractivity contribution in [2.75, 3.05) is 13.2 Å². The molecule has 0 fully saturated rings. The van der Waals surface area contributed by atoms with Crippen LogP contribution in [-0.2, 0) is 17.9 Å². The minimum absolute atomic E-state index is 0.707. The predicted molar refractivity (Wildman–Crippen MR) is 72.9 cm³/mol. The maximum Gasteiger partial charge on any atom is 0.0716 e. The molecule has 1 aromatic carbocycles. The number of ether oxygens (including phenoxy) is 1. The first-order valence-electron chi connectivity index (χ1n) is 6.34. The highest BCUT2D eigenvalue weighted by Crippen LogP contribution is 2.06. The average Bonchev–Trinajstić information content (AvgIpc) is 2.37. The lowest BCUT2D eigenvalue weighted by Crippen LogP contribution is -2.11. The second-order valence-corrected chi connectivity index (χ2v) is 4.08. The molecular formula is C15H23NO. The van der Waals surface area contributed by atoms with Gasteiger partial charge in [-0.1, -0.05) is 37.3 Å². The lowest BCUT2D eigenvalue weighted by atomic mass is 10.1. The summed E-state index contributed by atoms with van der Waals surface area (Å²) in [7, 11) is 0. The SMILES string of the molecule is C=CCCCOCc1ccc(CNCC)cc1. The van der Waals surface area contributed by atoms with Crippen molar-refractivity contribution in [1.29, 1.82) is 0 Å². The van der Waals surface area contributed by atoms with Crippen molar-refractivity contribution in [3.63, 3.8) is 0 Å². The Kier molecular flexibility index (Phi) is 7.35. The van der Waals surface area contributed by atoms with Crippen molar-refractivity contribution >= 4 is 0 Å². The first-order chi connectivity index (χ1) is 8.36. The Bertz CT molecular complexity index is 305. The zero-order valence-electron chi connectivity index (χ0n) is 10.7. The van der Waals surface area contributed by atoms with Gasteiger partial charge >= 0.3 is 0 Å². The van der Waals surface area contributed by atoms with Crippen LogP contribution in [0.15, 0.2) is 36.9 Å². The Morgan fingerprint density at radius 2 is 1.94 bits per heavy atom. The molecule has 2 nitrogen and oxygen atoms in total. The second-order valence-electron chi connectivity index (χ2n) is 4.08. The van der Waals surface area contributed by atoms with Gasteiger partial charge in [0, 0.05) is 13.2 Å². The van der Waals surface area contributed by atoms with Crippen LogP contribution in [0, 0.1) is 0 Å². The van der Waals surface area contributed by atoms with Crippen LogP contribution >= 0.6 is 0 Å². The first-order valence-corrected chi connectivity index (χ1v) is 6.34. The van der Waals surface area contributed by atoms with Gasteiger partial charge in [0.05, 0.1) is 6.61 Å². The summed E-state index contributed by atoms with van der Waals surface area (Å²) in [5, 5.41) is 3.31. The van der Waals surface area contributed by atoms with Crippen molar-refractivity contribution in [3.8, 4) is 0 Å². The number of allylic oxidation sites excluding steroid dienone is 1. The third-order valence-electron chi connectivity index (χ3n) is 2.57. The molecule has 0 unspecified atom stereocenters. The standard InChI is InChI=1S/C15H23NO/c1-3-5-6-11-17-13-15-9-7-14(8-10-15)12-16-4-2/h3,7-10,16H,1,4-6,11-13H2,2H3. The van der Waals surface area contributed by atoms with Crippen LogP contribution < -0.4 is 5.32 Å². The molecule has 0 heterocycles. The molecule has 17 heavy (non-hydrogen) atoms. The van der Waals surface area contributed by atoms with E-state index in [9.17, 15) is 0 Å². The summed E-state index contributed by atoms with van der Waals surface area (Å²) in [4.78, 5) is 0. The van der Waals surface area contributed by atoms with Gasteiger partial charge in [-0.25, -0.2) is 0 Å². The molecule has 0 saturated heterocycles. The molecule has 0 amide bonds. The van der Waals surface area contributed by atoms with Gasteiger partial charge in [-0.05, 0) is 30.5 Å². The molecule has 0 aliphatic rings. The fourth-order valence-electron chi connectivity index (χ4n) is 1.54. The fourth-order valence-corrected chi connectivity index (χ4v) is 1.54. The van der Waals surface area contributed by atoms with Crippen molar-refractivity contribution in [3.05, 3.63) is 48.0 Å². The molecule has 0 bridgehead atoms. The topological polar surface area (TPSA) is 21.3 Å². The molecule has 94 valence electrons. The van der Waals surface area contributed by atoms with Crippen molar-refractivity contribution < 1.29 is 4.74 Å². The number of benzene rings is 1. The van der Waals surface area contributed by atoms with Gasteiger partial charge in [0.2, 0.25) is 0 Å². The quantitative estimate of drug-likeness (QED) is 0.522. The Labute approximate surface area is 105 Å². The summed E-state index contributed by atoms with van der Waals surface area (Å²) < 4.78 is 5.58. The summed E-state index contributed by atoms with van der Waals surface area (Å²) in [5.41, 5.74) is 2.56. The Balaban J connectivity index is 2.23. The Hall–Kier alpha value is -1.12. The van der Waals surface area contributed by atoms with E-state index in [2.05, 4.69) is 43.1 Å². The molecule has 1 aromatic rings. The van der Waals surface area contributed by atoms with E-state index < -0.39 is 0 Å². The molecule has 2 heteroatoms. The maximum absolute atomic E-state index is 5.58. The van der Waals surface area contributed by atoms with Crippen LogP contribution in [-0.4, -0.2) is 13.2 Å². The molecule has 0 spiro atoms. The summed E-state index contributed by atoms with van der Waals surface area (Å²) in [6.45, 7) is 9.27. The monoisotopic (exact) mass is 233 g/mol. The summed E-state index contributed by atoms with van der Waals surface area (Å²) in [6.07, 6.45) is 4.02. The highest BCUT2D eigenvalue weighted by molar-refractivity contribution is 5.21. The van der Waals surface area contributed by atoms with E-state index in [1.165, 1.54) is 11.1 Å². The number of hydrogen-bond donors (Lipinski definition) is 1. The van der Waals surface area contributed by atoms with Crippen LogP contribution in [0.3, 0.4) is 0 Å². The molecule has 0 aliphatic heterocycles. The summed E-state index contributed by atoms with van der Waals surface area (Å²) >= 11 is 0.